The molecule has 0 fully saturated rings. The van der Waals surface area contributed by atoms with Crippen molar-refractivity contribution in [3.8, 4) is 210 Å². The van der Waals surface area contributed by atoms with Crippen molar-refractivity contribution in [3.63, 3.8) is 0 Å². The van der Waals surface area contributed by atoms with E-state index in [-0.39, 0.29) is 16.2 Å². The summed E-state index contributed by atoms with van der Waals surface area (Å²) < 4.78 is 0. The molecule has 0 spiro atoms. The first-order valence-electron chi connectivity index (χ1n) is 45.2. The summed E-state index contributed by atoms with van der Waals surface area (Å²) in [7, 11) is 0. The van der Waals surface area contributed by atoms with E-state index in [1.165, 1.54) is 72.3 Å². The molecule has 0 unspecified atom stereocenters. The van der Waals surface area contributed by atoms with Crippen LogP contribution in [-0.2, 0) is 16.2 Å². The van der Waals surface area contributed by atoms with E-state index < -0.39 is 0 Å². The van der Waals surface area contributed by atoms with E-state index in [1.807, 2.05) is 170 Å². The first-order chi connectivity index (χ1) is 66.0. The van der Waals surface area contributed by atoms with Crippen molar-refractivity contribution in [1.82, 2.24) is 44.9 Å². The number of nitrogens with zero attached hydrogens (tertiary/aromatic N) is 12. The zero-order chi connectivity index (χ0) is 91.9. The maximum Gasteiger partial charge on any atom is 0.164 e. The molecule has 135 heavy (non-hydrogen) atoms. The number of benzene rings is 17. The summed E-state index contributed by atoms with van der Waals surface area (Å²) in [5, 5.41) is 28.5. The van der Waals surface area contributed by atoms with E-state index in [4.69, 9.17) is 44.9 Å². The largest absolute Gasteiger partial charge is 0.208 e. The van der Waals surface area contributed by atoms with E-state index in [9.17, 15) is 15.8 Å². The molecule has 0 saturated carbocycles. The van der Waals surface area contributed by atoms with Crippen LogP contribution in [0.25, 0.3) is 192 Å². The van der Waals surface area contributed by atoms with E-state index in [0.717, 1.165) is 100 Å². The molecule has 3 heterocycles. The zero-order valence-corrected chi connectivity index (χ0v) is 75.1. The molecule has 638 valence electrons. The third kappa shape index (κ3) is 16.4. The van der Waals surface area contributed by atoms with Crippen LogP contribution in [0, 0.1) is 34.0 Å². The fourth-order valence-corrected chi connectivity index (χ4v) is 19.1. The molecule has 17 aromatic carbocycles. The summed E-state index contributed by atoms with van der Waals surface area (Å²) >= 11 is 0. The van der Waals surface area contributed by atoms with Crippen LogP contribution in [0.3, 0.4) is 0 Å². The van der Waals surface area contributed by atoms with Gasteiger partial charge in [-0.1, -0.05) is 375 Å². The lowest BCUT2D eigenvalue weighted by atomic mass is 9.81. The molecule has 0 bridgehead atoms. The van der Waals surface area contributed by atoms with Crippen molar-refractivity contribution < 1.29 is 0 Å². The Balaban J connectivity index is 0.000000122. The van der Waals surface area contributed by atoms with Gasteiger partial charge in [0.05, 0.1) is 34.9 Å². The molecule has 23 rings (SSSR count). The van der Waals surface area contributed by atoms with Crippen LogP contribution < -0.4 is 0 Å². The molecule has 3 aliphatic carbocycles. The number of fused-ring (bicyclic) bond motifs is 9. The minimum absolute atomic E-state index is 0.162. The van der Waals surface area contributed by atoms with Crippen LogP contribution in [0.5, 0.6) is 0 Å². The van der Waals surface area contributed by atoms with Gasteiger partial charge in [-0.15, -0.1) is 0 Å². The lowest BCUT2D eigenvalue weighted by Gasteiger charge is -2.21. The molecule has 0 atom stereocenters. The van der Waals surface area contributed by atoms with E-state index in [0.29, 0.717) is 69.1 Å². The third-order valence-electron chi connectivity index (χ3n) is 26.3. The molecule has 0 N–H and O–H groups in total. The van der Waals surface area contributed by atoms with Gasteiger partial charge in [0.2, 0.25) is 0 Å². The second-order valence-corrected chi connectivity index (χ2v) is 35.8. The molecular formula is C123H86N12. The van der Waals surface area contributed by atoms with Gasteiger partial charge < -0.3 is 0 Å². The quantitative estimate of drug-likeness (QED) is 0.100. The van der Waals surface area contributed by atoms with Gasteiger partial charge in [-0.25, -0.2) is 44.9 Å². The summed E-state index contributed by atoms with van der Waals surface area (Å²) in [6.07, 6.45) is 0. The van der Waals surface area contributed by atoms with Crippen LogP contribution in [0.1, 0.15) is 91.6 Å². The van der Waals surface area contributed by atoms with E-state index in [2.05, 4.69) is 302 Å². The van der Waals surface area contributed by atoms with Gasteiger partial charge in [-0.2, -0.15) is 15.8 Å². The highest BCUT2D eigenvalue weighted by Gasteiger charge is 2.39. The Kier molecular flexibility index (Phi) is 22.0. The Morgan fingerprint density at radius 2 is 0.326 bits per heavy atom. The first-order valence-corrected chi connectivity index (χ1v) is 45.2. The summed E-state index contributed by atoms with van der Waals surface area (Å²) in [5.41, 5.74) is 35.8. The molecule has 0 amide bonds. The smallest absolute Gasteiger partial charge is 0.164 e. The van der Waals surface area contributed by atoms with Gasteiger partial charge in [0.1, 0.15) is 0 Å². The highest BCUT2D eigenvalue weighted by molar-refractivity contribution is 5.90. The van der Waals surface area contributed by atoms with Crippen molar-refractivity contribution >= 4 is 0 Å². The highest BCUT2D eigenvalue weighted by atomic mass is 15.1. The average molecular weight is 1730 g/mol. The summed E-state index contributed by atoms with van der Waals surface area (Å²) in [4.78, 5) is 44.5. The minimum Gasteiger partial charge on any atom is -0.208 e. The Labute approximate surface area is 785 Å². The Morgan fingerprint density at radius 3 is 0.578 bits per heavy atom. The molecule has 3 aliphatic rings. The highest BCUT2D eigenvalue weighted by Crippen LogP contribution is 2.54. The van der Waals surface area contributed by atoms with Crippen molar-refractivity contribution in [1.29, 1.82) is 15.8 Å². The second-order valence-electron chi connectivity index (χ2n) is 35.8. The lowest BCUT2D eigenvalue weighted by Crippen LogP contribution is -2.15. The third-order valence-corrected chi connectivity index (χ3v) is 26.3. The van der Waals surface area contributed by atoms with Crippen molar-refractivity contribution in [2.24, 2.45) is 0 Å². The van der Waals surface area contributed by atoms with Crippen LogP contribution in [-0.4, -0.2) is 44.9 Å². The topological polar surface area (TPSA) is 187 Å². The number of rotatable bonds is 14. The van der Waals surface area contributed by atoms with Crippen LogP contribution in [0.2, 0.25) is 0 Å². The Bertz CT molecular complexity index is 8080. The summed E-state index contributed by atoms with van der Waals surface area (Å²) in [6.45, 7) is 13.4. The van der Waals surface area contributed by atoms with Gasteiger partial charge in [0.25, 0.3) is 0 Å². The van der Waals surface area contributed by atoms with Crippen molar-refractivity contribution in [3.05, 3.63) is 463 Å². The fraction of sp³-hybridized carbons (Fsp3) is 0.0732. The molecule has 3 aromatic heterocycles. The monoisotopic (exact) mass is 1730 g/mol. The van der Waals surface area contributed by atoms with Gasteiger partial charge >= 0.3 is 0 Å². The number of nitriles is 3. The number of hydrogen-bond donors (Lipinski definition) is 0. The molecule has 0 aliphatic heterocycles. The predicted octanol–water partition coefficient (Wildman–Crippen LogP) is 29.5. The van der Waals surface area contributed by atoms with Crippen molar-refractivity contribution in [2.45, 2.75) is 57.8 Å². The lowest BCUT2D eigenvalue weighted by molar-refractivity contribution is 0.660. The molecular weight excluding hydrogens is 1650 g/mol. The Morgan fingerprint density at radius 1 is 0.148 bits per heavy atom. The average Bonchev–Trinajstić information content (AvgIpc) is 1.58. The van der Waals surface area contributed by atoms with Crippen LogP contribution >= 0.6 is 0 Å². The number of aromatic nitrogens is 9. The normalized spacial score (nSPS) is 12.7. The molecule has 20 aromatic rings. The fourth-order valence-electron chi connectivity index (χ4n) is 19.1. The molecule has 0 saturated heterocycles. The maximum atomic E-state index is 9.53. The van der Waals surface area contributed by atoms with E-state index in [1.54, 1.807) is 0 Å². The van der Waals surface area contributed by atoms with Crippen molar-refractivity contribution in [2.75, 3.05) is 0 Å². The van der Waals surface area contributed by atoms with E-state index >= 15 is 0 Å². The van der Waals surface area contributed by atoms with Crippen LogP contribution in [0.15, 0.2) is 413 Å². The molecule has 12 heteroatoms. The molecule has 12 nitrogen and oxygen atoms in total. The van der Waals surface area contributed by atoms with Gasteiger partial charge in [0, 0.05) is 66.3 Å². The summed E-state index contributed by atoms with van der Waals surface area (Å²) in [5.74, 6) is 5.71. The number of hydrogen-bond acceptors (Lipinski definition) is 12. The zero-order valence-electron chi connectivity index (χ0n) is 75.1. The van der Waals surface area contributed by atoms with Crippen LogP contribution in [0.4, 0.5) is 0 Å². The predicted molar refractivity (Wildman–Crippen MR) is 542 cm³/mol. The second kappa shape index (κ2) is 35.3. The first kappa shape index (κ1) is 84.1. The van der Waals surface area contributed by atoms with Gasteiger partial charge in [-0.3, -0.25) is 0 Å². The standard InChI is InChI=1S/2C43H30N4.C37H26N4/c1-43(2)38-22-20-33(26-37(38)36-21-19-28(27-44)23-39(36)43)32-16-10-18-35(25-32)42-46-40(30-13-7-4-8-14-30)45-41(47-42)34-17-9-15-31(24-34)29-11-5-3-6-12-29;1-43(2)38-23-21-34(26-37(38)36-22-16-28(27-44)24-39(36)43)33-14-9-15-35(25-33)42-46-40(31-12-7-4-8-13-31)45-41(47-42)32-19-17-30(18-20-32)29-10-5-3-6-11-29;1-37(2)32-19-17-28(22-31(32)30-18-16-24(23-38)20-33(30)37)27-14-9-15-29(21-27)36-40-34(25-10-5-3-6-11-25)39-35(41-36)26-12-7-4-8-13-26/h2*3-26H,1-2H3;3-22H,1-2H3. The maximum absolute atomic E-state index is 9.53. The van der Waals surface area contributed by atoms with Gasteiger partial charge in [0.15, 0.2) is 52.4 Å². The SMILES string of the molecule is CC1(C)c2ccc(-c3cccc(-c4nc(-c5ccccc5)nc(-c5ccc(-c6ccccc6)cc5)n4)c3)cc2-c2ccc(C#N)cc21.CC1(C)c2ccc(-c3cccc(-c4nc(-c5ccccc5)nc(-c5cccc(-c6ccccc6)c5)n4)c3)cc2-c2ccc(C#N)cc21.CC1(C)c2ccc(-c3cccc(-c4nc(-c5ccccc5)nc(-c5ccccc5)n4)c3)cc2-c2ccc(C#N)cc21. The minimum atomic E-state index is -0.176. The Hall–Kier alpha value is -17.8. The molecule has 0 radical (unpaired) electrons. The summed E-state index contributed by atoms with van der Waals surface area (Å²) in [6, 6.07) is 148. The van der Waals surface area contributed by atoms with Gasteiger partial charge in [-0.05, 0) is 201 Å².